The molecular formula is C16H18N6OS. The highest BCUT2D eigenvalue weighted by molar-refractivity contribution is 7.11. The van der Waals surface area contributed by atoms with E-state index in [0.29, 0.717) is 18.3 Å². The number of pyridine rings is 1. The molecule has 3 heterocycles. The van der Waals surface area contributed by atoms with E-state index in [0.717, 1.165) is 28.4 Å². The van der Waals surface area contributed by atoms with Crippen molar-refractivity contribution in [1.82, 2.24) is 30.2 Å². The van der Waals surface area contributed by atoms with Crippen LogP contribution in [0.1, 0.15) is 34.6 Å². The van der Waals surface area contributed by atoms with E-state index in [1.54, 1.807) is 11.3 Å². The molecule has 3 aromatic rings. The fourth-order valence-electron chi connectivity index (χ4n) is 2.69. The van der Waals surface area contributed by atoms with Gasteiger partial charge in [-0.2, -0.15) is 0 Å². The van der Waals surface area contributed by atoms with Crippen LogP contribution in [0.2, 0.25) is 0 Å². The van der Waals surface area contributed by atoms with Gasteiger partial charge in [0.25, 0.3) is 0 Å². The van der Waals surface area contributed by atoms with Crippen LogP contribution in [0.15, 0.2) is 30.6 Å². The minimum atomic E-state index is -0.201. The van der Waals surface area contributed by atoms with Gasteiger partial charge in [-0.3, -0.25) is 4.40 Å². The molecular weight excluding hydrogens is 324 g/mol. The number of hydrogen-bond acceptors (Lipinski definition) is 5. The zero-order chi connectivity index (χ0) is 16.5. The van der Waals surface area contributed by atoms with Crippen LogP contribution < -0.4 is 10.6 Å². The van der Waals surface area contributed by atoms with Crippen LogP contribution in [0.4, 0.5) is 4.79 Å². The Morgan fingerprint density at radius 1 is 1.42 bits per heavy atom. The topological polar surface area (TPSA) is 84.2 Å². The van der Waals surface area contributed by atoms with Gasteiger partial charge < -0.3 is 10.6 Å². The van der Waals surface area contributed by atoms with E-state index < -0.39 is 0 Å². The molecule has 1 saturated carbocycles. The fraction of sp³-hybridized carbons (Fsp3) is 0.375. The van der Waals surface area contributed by atoms with Crippen molar-refractivity contribution in [2.24, 2.45) is 5.92 Å². The van der Waals surface area contributed by atoms with E-state index in [-0.39, 0.29) is 12.1 Å². The average molecular weight is 342 g/mol. The lowest BCUT2D eigenvalue weighted by molar-refractivity contribution is 0.234. The molecule has 2 amide bonds. The molecule has 124 valence electrons. The van der Waals surface area contributed by atoms with E-state index >= 15 is 0 Å². The van der Waals surface area contributed by atoms with Crippen molar-refractivity contribution < 1.29 is 4.79 Å². The molecule has 0 aliphatic heterocycles. The first-order chi connectivity index (χ1) is 11.7. The molecule has 1 aliphatic rings. The quantitative estimate of drug-likeness (QED) is 0.746. The minimum Gasteiger partial charge on any atom is -0.331 e. The maximum absolute atomic E-state index is 12.3. The fourth-order valence-corrected chi connectivity index (χ4v) is 3.61. The number of fused-ring (bicyclic) bond motifs is 1. The molecule has 8 heteroatoms. The highest BCUT2D eigenvalue weighted by Gasteiger charge is 2.35. The van der Waals surface area contributed by atoms with Crippen LogP contribution in [0.25, 0.3) is 5.65 Å². The maximum atomic E-state index is 12.3. The van der Waals surface area contributed by atoms with Gasteiger partial charge in [0.15, 0.2) is 11.5 Å². The molecule has 0 saturated heterocycles. The number of aromatic nitrogens is 4. The summed E-state index contributed by atoms with van der Waals surface area (Å²) >= 11 is 1.64. The number of thiazole rings is 1. The van der Waals surface area contributed by atoms with E-state index in [4.69, 9.17) is 0 Å². The number of amides is 2. The summed E-state index contributed by atoms with van der Waals surface area (Å²) in [5, 5.41) is 15.1. The smallest absolute Gasteiger partial charge is 0.315 e. The summed E-state index contributed by atoms with van der Waals surface area (Å²) in [5.41, 5.74) is 0.767. The van der Waals surface area contributed by atoms with Crippen molar-refractivity contribution in [2.45, 2.75) is 32.4 Å². The van der Waals surface area contributed by atoms with Gasteiger partial charge >= 0.3 is 6.03 Å². The molecule has 3 aromatic heterocycles. The molecule has 0 aromatic carbocycles. The van der Waals surface area contributed by atoms with Crippen molar-refractivity contribution in [1.29, 1.82) is 0 Å². The Morgan fingerprint density at radius 3 is 3.04 bits per heavy atom. The Labute approximate surface area is 143 Å². The van der Waals surface area contributed by atoms with E-state index in [9.17, 15) is 4.79 Å². The molecule has 1 atom stereocenters. The number of nitrogens with zero attached hydrogens (tertiary/aromatic N) is 4. The summed E-state index contributed by atoms with van der Waals surface area (Å²) in [6.45, 7) is 2.35. The number of aryl methyl sites for hydroxylation is 1. The molecule has 0 spiro atoms. The zero-order valence-corrected chi connectivity index (χ0v) is 14.1. The van der Waals surface area contributed by atoms with Crippen LogP contribution >= 0.6 is 11.3 Å². The predicted octanol–water partition coefficient (Wildman–Crippen LogP) is 2.44. The molecule has 24 heavy (non-hydrogen) atoms. The van der Waals surface area contributed by atoms with Gasteiger partial charge in [-0.1, -0.05) is 6.07 Å². The summed E-state index contributed by atoms with van der Waals surface area (Å²) in [4.78, 5) is 17.9. The van der Waals surface area contributed by atoms with Crippen LogP contribution in [0.5, 0.6) is 0 Å². The van der Waals surface area contributed by atoms with Crippen LogP contribution in [0.3, 0.4) is 0 Å². The Hall–Kier alpha value is -2.48. The number of hydrogen-bond donors (Lipinski definition) is 2. The molecule has 2 N–H and O–H groups in total. The maximum Gasteiger partial charge on any atom is 0.315 e. The summed E-state index contributed by atoms with van der Waals surface area (Å²) in [6.07, 6.45) is 6.02. The van der Waals surface area contributed by atoms with Gasteiger partial charge in [0.05, 0.1) is 12.6 Å². The highest BCUT2D eigenvalue weighted by atomic mass is 32.1. The first kappa shape index (κ1) is 15.1. The standard InChI is InChI=1S/C16H18N6OS/c1-10-8-17-15(24-10)14(11-5-6-11)19-16(23)18-9-13-21-20-12-4-2-3-7-22(12)13/h2-4,7-8,11,14H,5-6,9H2,1H3,(H2,18,19,23)/t14-/m1/s1. The first-order valence-corrected chi connectivity index (χ1v) is 8.77. The lowest BCUT2D eigenvalue weighted by Gasteiger charge is -2.16. The van der Waals surface area contributed by atoms with Crippen molar-refractivity contribution >= 4 is 23.0 Å². The molecule has 0 unspecified atom stereocenters. The van der Waals surface area contributed by atoms with Crippen molar-refractivity contribution in [3.8, 4) is 0 Å². The monoisotopic (exact) mass is 342 g/mol. The Bertz CT molecular complexity index is 868. The second kappa shape index (κ2) is 6.20. The Morgan fingerprint density at radius 2 is 2.29 bits per heavy atom. The second-order valence-electron chi connectivity index (χ2n) is 6.00. The van der Waals surface area contributed by atoms with Crippen molar-refractivity contribution in [3.63, 3.8) is 0 Å². The summed E-state index contributed by atoms with van der Waals surface area (Å²) < 4.78 is 1.86. The third kappa shape index (κ3) is 3.09. The third-order valence-electron chi connectivity index (χ3n) is 4.08. The highest BCUT2D eigenvalue weighted by Crippen LogP contribution is 2.41. The molecule has 0 bridgehead atoms. The van der Waals surface area contributed by atoms with Gasteiger partial charge in [0.2, 0.25) is 0 Å². The summed E-state index contributed by atoms with van der Waals surface area (Å²) in [6, 6.07) is 5.49. The van der Waals surface area contributed by atoms with E-state index in [1.807, 2.05) is 41.9 Å². The minimum absolute atomic E-state index is 0.00107. The molecule has 1 aliphatic carbocycles. The number of rotatable bonds is 5. The zero-order valence-electron chi connectivity index (χ0n) is 13.3. The lowest BCUT2D eigenvalue weighted by Crippen LogP contribution is -2.38. The third-order valence-corrected chi connectivity index (χ3v) is 5.07. The largest absolute Gasteiger partial charge is 0.331 e. The summed E-state index contributed by atoms with van der Waals surface area (Å²) in [7, 11) is 0. The number of carbonyl (C=O) groups excluding carboxylic acids is 1. The number of urea groups is 1. The average Bonchev–Trinajstić information content (AvgIpc) is 3.21. The summed E-state index contributed by atoms with van der Waals surface area (Å²) in [5.74, 6) is 1.20. The normalized spacial score (nSPS) is 15.4. The van der Waals surface area contributed by atoms with Gasteiger partial charge in [0, 0.05) is 17.3 Å². The molecule has 7 nitrogen and oxygen atoms in total. The van der Waals surface area contributed by atoms with E-state index in [2.05, 4.69) is 25.8 Å². The number of nitrogens with one attached hydrogen (secondary N) is 2. The predicted molar refractivity (Wildman–Crippen MR) is 90.7 cm³/mol. The Balaban J connectivity index is 1.40. The van der Waals surface area contributed by atoms with Crippen molar-refractivity contribution in [2.75, 3.05) is 0 Å². The number of carbonyl (C=O) groups is 1. The van der Waals surface area contributed by atoms with Gasteiger partial charge in [-0.05, 0) is 37.8 Å². The second-order valence-corrected chi connectivity index (χ2v) is 7.26. The van der Waals surface area contributed by atoms with Crippen LogP contribution in [-0.2, 0) is 6.54 Å². The first-order valence-electron chi connectivity index (χ1n) is 7.96. The van der Waals surface area contributed by atoms with Gasteiger partial charge in [-0.15, -0.1) is 21.5 Å². The van der Waals surface area contributed by atoms with Gasteiger partial charge in [0.1, 0.15) is 5.01 Å². The van der Waals surface area contributed by atoms with Gasteiger partial charge in [-0.25, -0.2) is 9.78 Å². The van der Waals surface area contributed by atoms with E-state index in [1.165, 1.54) is 0 Å². The van der Waals surface area contributed by atoms with Crippen LogP contribution in [0, 0.1) is 12.8 Å². The molecule has 4 rings (SSSR count). The lowest BCUT2D eigenvalue weighted by atomic mass is 10.2. The van der Waals surface area contributed by atoms with Crippen LogP contribution in [-0.4, -0.2) is 25.6 Å². The van der Waals surface area contributed by atoms with Crippen molar-refractivity contribution in [3.05, 3.63) is 46.3 Å². The molecule has 1 fully saturated rings. The SMILES string of the molecule is Cc1cnc([C@H](NC(=O)NCc2nnc3ccccn23)C2CC2)s1. The molecule has 0 radical (unpaired) electrons. The Kier molecular flexibility index (Phi) is 3.89.